The van der Waals surface area contributed by atoms with Gasteiger partial charge in [0, 0.05) is 49.3 Å². The summed E-state index contributed by atoms with van der Waals surface area (Å²) in [6.45, 7) is 0. The van der Waals surface area contributed by atoms with E-state index in [0.29, 0.717) is 17.6 Å². The zero-order chi connectivity index (χ0) is 45.2. The first-order valence-corrected chi connectivity index (χ1v) is 23.3. The predicted octanol–water partition coefficient (Wildman–Crippen LogP) is 16.3. The van der Waals surface area contributed by atoms with Crippen LogP contribution < -0.4 is 4.74 Å². The third-order valence-corrected chi connectivity index (χ3v) is 14.2. The van der Waals surface area contributed by atoms with E-state index in [1.165, 1.54) is 21.8 Å². The highest BCUT2D eigenvalue weighted by molar-refractivity contribution is 6.26. The van der Waals surface area contributed by atoms with Crippen molar-refractivity contribution in [3.05, 3.63) is 224 Å². The van der Waals surface area contributed by atoms with E-state index in [9.17, 15) is 0 Å². The van der Waals surface area contributed by atoms with Crippen molar-refractivity contribution in [2.75, 3.05) is 0 Å². The van der Waals surface area contributed by atoms with Crippen molar-refractivity contribution in [2.24, 2.45) is 0 Å². The van der Waals surface area contributed by atoms with Crippen molar-refractivity contribution in [1.82, 2.24) is 24.1 Å². The summed E-state index contributed by atoms with van der Waals surface area (Å²) in [5.74, 6) is 3.44. The van der Waals surface area contributed by atoms with Gasteiger partial charge in [0.1, 0.15) is 11.5 Å². The average Bonchev–Trinajstić information content (AvgIpc) is 3.93. The van der Waals surface area contributed by atoms with E-state index in [1.54, 1.807) is 0 Å². The molecule has 14 aromatic rings. The molecular weight excluding hydrogens is 843 g/mol. The van der Waals surface area contributed by atoms with Crippen molar-refractivity contribution in [1.29, 1.82) is 0 Å². The summed E-state index contributed by atoms with van der Waals surface area (Å²) in [7, 11) is 0. The van der Waals surface area contributed by atoms with E-state index in [1.807, 2.05) is 6.07 Å². The maximum Gasteiger partial charge on any atom is 0.238 e. The first-order chi connectivity index (χ1) is 34.2. The van der Waals surface area contributed by atoms with Crippen LogP contribution in [0, 0.1) is 0 Å². The van der Waals surface area contributed by atoms with Crippen molar-refractivity contribution >= 4 is 75.9 Å². The number of rotatable bonds is 5. The van der Waals surface area contributed by atoms with Crippen LogP contribution in [0.15, 0.2) is 224 Å². The second kappa shape index (κ2) is 14.6. The molecule has 11 aromatic carbocycles. The van der Waals surface area contributed by atoms with Crippen LogP contribution in [0.4, 0.5) is 0 Å². The van der Waals surface area contributed by atoms with Gasteiger partial charge in [-0.3, -0.25) is 4.57 Å². The lowest BCUT2D eigenvalue weighted by molar-refractivity contribution is 0.487. The number of ether oxygens (including phenoxy) is 1. The summed E-state index contributed by atoms with van der Waals surface area (Å²) in [5, 5.41) is 11.2. The molecule has 0 N–H and O–H groups in total. The Bertz CT molecular complexity index is 4360. The first-order valence-electron chi connectivity index (χ1n) is 23.3. The molecule has 1 aliphatic rings. The van der Waals surface area contributed by atoms with Crippen LogP contribution in [-0.4, -0.2) is 24.1 Å². The number of hydrogen-bond donors (Lipinski definition) is 0. The van der Waals surface area contributed by atoms with Crippen LogP contribution in [0.5, 0.6) is 11.5 Å². The van der Waals surface area contributed by atoms with E-state index in [4.69, 9.17) is 19.7 Å². The fraction of sp³-hybridized carbons (Fsp3) is 0. The average molecular weight is 880 g/mol. The van der Waals surface area contributed by atoms with Gasteiger partial charge in [0.2, 0.25) is 5.95 Å². The minimum absolute atomic E-state index is 0.543. The Morgan fingerprint density at radius 2 is 0.841 bits per heavy atom. The van der Waals surface area contributed by atoms with E-state index in [0.717, 1.165) is 105 Å². The van der Waals surface area contributed by atoms with Gasteiger partial charge < -0.3 is 9.30 Å². The number of nitrogens with zero attached hydrogens (tertiary/aromatic N) is 5. The zero-order valence-corrected chi connectivity index (χ0v) is 37.0. The smallest absolute Gasteiger partial charge is 0.238 e. The minimum atomic E-state index is 0.543. The molecule has 0 spiro atoms. The first kappa shape index (κ1) is 37.8. The molecule has 0 fully saturated rings. The van der Waals surface area contributed by atoms with E-state index < -0.39 is 0 Å². The predicted molar refractivity (Wildman–Crippen MR) is 283 cm³/mol. The molecule has 6 heteroatoms. The molecular formula is C63H37N5O. The van der Waals surface area contributed by atoms with Crippen LogP contribution in [0.3, 0.4) is 0 Å². The van der Waals surface area contributed by atoms with Crippen LogP contribution in [0.25, 0.3) is 133 Å². The van der Waals surface area contributed by atoms with Gasteiger partial charge in [-0.15, -0.1) is 0 Å². The third kappa shape index (κ3) is 5.63. The Morgan fingerprint density at radius 1 is 0.304 bits per heavy atom. The number of benzene rings is 11. The van der Waals surface area contributed by atoms with Gasteiger partial charge in [-0.05, 0) is 104 Å². The highest BCUT2D eigenvalue weighted by Crippen LogP contribution is 2.51. The van der Waals surface area contributed by atoms with Gasteiger partial charge in [-0.1, -0.05) is 164 Å². The summed E-state index contributed by atoms with van der Waals surface area (Å²) >= 11 is 0. The molecule has 4 heterocycles. The van der Waals surface area contributed by atoms with Crippen LogP contribution >= 0.6 is 0 Å². The molecule has 0 amide bonds. The maximum absolute atomic E-state index is 6.66. The fourth-order valence-electron chi connectivity index (χ4n) is 11.1. The van der Waals surface area contributed by atoms with Crippen molar-refractivity contribution in [3.8, 4) is 68.2 Å². The van der Waals surface area contributed by atoms with E-state index >= 15 is 0 Å². The molecule has 15 rings (SSSR count). The Hall–Kier alpha value is -9.39. The standard InChI is InChI=1S/C63H37N5O/c1-2-19-42(20-3-1)67-53-28-10-8-23-45(53)50-35-40(31-33-54(50)67)41-32-34-55-52(36-41)59-49-27-14-30-58-60(49)51(46-24-9-11-29-57(46)69-58)37-56(59)68(55)63-65-61(47-25-12-17-38-15-4-6-21-43(38)47)64-62(66-63)48-26-13-18-39-16-5-7-22-44(39)48/h1-37H. The molecule has 1 aliphatic heterocycles. The van der Waals surface area contributed by atoms with Crippen LogP contribution in [0.1, 0.15) is 0 Å². The number of hydrogen-bond acceptors (Lipinski definition) is 4. The number of para-hydroxylation sites is 3. The second-order valence-corrected chi connectivity index (χ2v) is 17.9. The molecule has 6 nitrogen and oxygen atoms in total. The quantitative estimate of drug-likeness (QED) is 0.173. The molecule has 0 aliphatic carbocycles. The van der Waals surface area contributed by atoms with Crippen LogP contribution in [0.2, 0.25) is 0 Å². The summed E-state index contributed by atoms with van der Waals surface area (Å²) in [6, 6.07) is 79.7. The second-order valence-electron chi connectivity index (χ2n) is 17.9. The lowest BCUT2D eigenvalue weighted by Crippen LogP contribution is -2.07. The zero-order valence-electron chi connectivity index (χ0n) is 37.0. The highest BCUT2D eigenvalue weighted by Gasteiger charge is 2.27. The molecule has 0 unspecified atom stereocenters. The Morgan fingerprint density at radius 3 is 1.58 bits per heavy atom. The Kier molecular flexibility index (Phi) is 7.97. The molecule has 0 atom stereocenters. The molecule has 0 radical (unpaired) electrons. The van der Waals surface area contributed by atoms with E-state index in [-0.39, 0.29) is 0 Å². The van der Waals surface area contributed by atoms with E-state index in [2.05, 4.69) is 228 Å². The van der Waals surface area contributed by atoms with Gasteiger partial charge in [0.15, 0.2) is 11.6 Å². The fourth-order valence-corrected chi connectivity index (χ4v) is 11.1. The lowest BCUT2D eigenvalue weighted by atomic mass is 9.91. The SMILES string of the molecule is c1ccc(-n2c3ccccc3c3cc(-c4ccc5c(c4)c4c6cccc7c6c(cc4n5-c4nc(-c5cccc6ccccc56)nc(-c5cccc6ccccc56)n4)-c4ccccc4O7)ccc32)cc1. The molecule has 0 saturated carbocycles. The molecule has 320 valence electrons. The topological polar surface area (TPSA) is 57.8 Å². The number of fused-ring (bicyclic) bond motifs is 11. The van der Waals surface area contributed by atoms with Gasteiger partial charge in [0.25, 0.3) is 0 Å². The van der Waals surface area contributed by atoms with Crippen LogP contribution in [-0.2, 0) is 0 Å². The van der Waals surface area contributed by atoms with Gasteiger partial charge in [0.05, 0.1) is 22.1 Å². The Labute approximate surface area is 395 Å². The molecule has 69 heavy (non-hydrogen) atoms. The Balaban J connectivity index is 1.04. The van der Waals surface area contributed by atoms with Crippen molar-refractivity contribution < 1.29 is 4.74 Å². The third-order valence-electron chi connectivity index (χ3n) is 14.2. The maximum atomic E-state index is 6.66. The van der Waals surface area contributed by atoms with Crippen molar-refractivity contribution in [3.63, 3.8) is 0 Å². The summed E-state index contributed by atoms with van der Waals surface area (Å²) in [5.41, 5.74) is 11.8. The highest BCUT2D eigenvalue weighted by atomic mass is 16.5. The summed E-state index contributed by atoms with van der Waals surface area (Å²) < 4.78 is 11.3. The normalized spacial score (nSPS) is 12.2. The molecule has 0 bridgehead atoms. The molecule has 0 saturated heterocycles. The monoisotopic (exact) mass is 879 g/mol. The summed E-state index contributed by atoms with van der Waals surface area (Å²) in [6.07, 6.45) is 0. The number of aromatic nitrogens is 5. The largest absolute Gasteiger partial charge is 0.456 e. The summed E-state index contributed by atoms with van der Waals surface area (Å²) in [4.78, 5) is 16.3. The van der Waals surface area contributed by atoms with Crippen molar-refractivity contribution in [2.45, 2.75) is 0 Å². The molecule has 3 aromatic heterocycles. The van der Waals surface area contributed by atoms with Gasteiger partial charge >= 0.3 is 0 Å². The van der Waals surface area contributed by atoms with Gasteiger partial charge in [-0.25, -0.2) is 4.98 Å². The lowest BCUT2D eigenvalue weighted by Gasteiger charge is -2.22. The van der Waals surface area contributed by atoms with Gasteiger partial charge in [-0.2, -0.15) is 9.97 Å². The minimum Gasteiger partial charge on any atom is -0.456 e.